The standard InChI is InChI=1S/C28H27FN2O4S/c1-30-25-17-24(35-18-28(25,30)36(33,34)22-8-3-2-4-9-22)27(32)31-16-15-19-7-5-6-10-23(19)26(31)20-11-13-21(29)14-12-20/h2-14,24-26H,15-18H2,1H3/t24-,25+,26+,28-,30?/m1/s1. The van der Waals surface area contributed by atoms with E-state index in [9.17, 15) is 17.6 Å². The number of benzene rings is 3. The van der Waals surface area contributed by atoms with Gasteiger partial charge in [0.25, 0.3) is 5.91 Å². The van der Waals surface area contributed by atoms with E-state index in [1.54, 1.807) is 54.4 Å². The Hall–Kier alpha value is -3.07. The van der Waals surface area contributed by atoms with Crippen LogP contribution in [0, 0.1) is 5.82 Å². The summed E-state index contributed by atoms with van der Waals surface area (Å²) in [5.41, 5.74) is 3.01. The molecule has 186 valence electrons. The average Bonchev–Trinajstić information content (AvgIpc) is 3.53. The molecule has 6 nitrogen and oxygen atoms in total. The minimum atomic E-state index is -3.67. The van der Waals surface area contributed by atoms with Crippen LogP contribution in [0.2, 0.25) is 0 Å². The number of likely N-dealkylation sites (N-methyl/N-ethyl adjacent to an activating group) is 1. The Morgan fingerprint density at radius 1 is 1.00 bits per heavy atom. The molecule has 5 atom stereocenters. The quantitative estimate of drug-likeness (QED) is 0.506. The number of halogens is 1. The molecule has 0 aliphatic carbocycles. The van der Waals surface area contributed by atoms with E-state index in [2.05, 4.69) is 6.07 Å². The molecule has 2 fully saturated rings. The number of ether oxygens (including phenoxy) is 1. The Balaban J connectivity index is 1.28. The number of carbonyl (C=O) groups excluding carboxylic acids is 1. The van der Waals surface area contributed by atoms with E-state index in [0.717, 1.165) is 16.7 Å². The third-order valence-electron chi connectivity index (χ3n) is 7.99. The van der Waals surface area contributed by atoms with Crippen molar-refractivity contribution < 1.29 is 22.3 Å². The van der Waals surface area contributed by atoms with Gasteiger partial charge in [-0.25, -0.2) is 12.8 Å². The molecular weight excluding hydrogens is 479 g/mol. The van der Waals surface area contributed by atoms with Crippen LogP contribution in [-0.4, -0.2) is 61.3 Å². The second kappa shape index (κ2) is 8.50. The fraction of sp³-hybridized carbons (Fsp3) is 0.321. The fourth-order valence-corrected chi connectivity index (χ4v) is 8.18. The minimum Gasteiger partial charge on any atom is -0.365 e. The molecule has 0 bridgehead atoms. The van der Waals surface area contributed by atoms with Crippen LogP contribution in [0.3, 0.4) is 0 Å². The molecule has 3 aliphatic rings. The number of hydrogen-bond acceptors (Lipinski definition) is 5. The molecule has 0 radical (unpaired) electrons. The Kier molecular flexibility index (Phi) is 5.51. The molecular formula is C28H27FN2O4S. The van der Waals surface area contributed by atoms with Crippen molar-refractivity contribution in [2.45, 2.75) is 40.8 Å². The van der Waals surface area contributed by atoms with Gasteiger partial charge < -0.3 is 9.64 Å². The minimum absolute atomic E-state index is 0.0621. The van der Waals surface area contributed by atoms with E-state index < -0.39 is 20.8 Å². The van der Waals surface area contributed by atoms with E-state index in [1.165, 1.54) is 12.1 Å². The van der Waals surface area contributed by atoms with Crippen molar-refractivity contribution in [2.24, 2.45) is 0 Å². The van der Waals surface area contributed by atoms with Crippen molar-refractivity contribution in [2.75, 3.05) is 20.2 Å². The lowest BCUT2D eigenvalue weighted by Crippen LogP contribution is -2.50. The topological polar surface area (TPSA) is 66.7 Å². The molecule has 3 aliphatic heterocycles. The van der Waals surface area contributed by atoms with E-state index in [-0.39, 0.29) is 35.3 Å². The zero-order chi connectivity index (χ0) is 25.1. The van der Waals surface area contributed by atoms with E-state index >= 15 is 0 Å². The zero-order valence-corrected chi connectivity index (χ0v) is 20.7. The molecule has 3 aromatic rings. The first kappa shape index (κ1) is 23.3. The van der Waals surface area contributed by atoms with Gasteiger partial charge in [-0.3, -0.25) is 9.69 Å². The summed E-state index contributed by atoms with van der Waals surface area (Å²) in [5.74, 6) is -0.492. The number of fused-ring (bicyclic) bond motifs is 2. The van der Waals surface area contributed by atoms with E-state index in [4.69, 9.17) is 4.74 Å². The molecule has 0 aromatic heterocycles. The molecule has 0 saturated carbocycles. The van der Waals surface area contributed by atoms with Crippen LogP contribution in [0.4, 0.5) is 4.39 Å². The summed E-state index contributed by atoms with van der Waals surface area (Å²) < 4.78 is 46.7. The van der Waals surface area contributed by atoms with E-state index in [0.29, 0.717) is 19.4 Å². The normalized spacial score (nSPS) is 29.2. The Bertz CT molecular complexity index is 1410. The number of nitrogens with zero attached hydrogens (tertiary/aromatic N) is 2. The van der Waals surface area contributed by atoms with E-state index in [1.807, 2.05) is 23.1 Å². The predicted octanol–water partition coefficient (Wildman–Crippen LogP) is 3.57. The van der Waals surface area contributed by atoms with Crippen LogP contribution in [0.1, 0.15) is 29.2 Å². The Morgan fingerprint density at radius 2 is 1.69 bits per heavy atom. The van der Waals surface area contributed by atoms with Gasteiger partial charge in [0.1, 0.15) is 11.9 Å². The first-order valence-electron chi connectivity index (χ1n) is 12.1. The molecule has 0 N–H and O–H groups in total. The predicted molar refractivity (Wildman–Crippen MR) is 132 cm³/mol. The van der Waals surface area contributed by atoms with Crippen LogP contribution >= 0.6 is 0 Å². The van der Waals surface area contributed by atoms with Gasteiger partial charge in [-0.2, -0.15) is 0 Å². The molecule has 1 amide bonds. The molecule has 8 heteroatoms. The number of amides is 1. The smallest absolute Gasteiger partial charge is 0.252 e. The first-order chi connectivity index (χ1) is 17.3. The van der Waals surface area contributed by atoms with Gasteiger partial charge in [-0.1, -0.05) is 54.6 Å². The number of carbonyl (C=O) groups is 1. The summed E-state index contributed by atoms with van der Waals surface area (Å²) in [5, 5.41) is 0. The van der Waals surface area contributed by atoms with Crippen molar-refractivity contribution in [1.29, 1.82) is 0 Å². The number of rotatable bonds is 4. The van der Waals surface area contributed by atoms with Crippen LogP contribution in [0.5, 0.6) is 0 Å². The molecule has 1 unspecified atom stereocenters. The lowest BCUT2D eigenvalue weighted by molar-refractivity contribution is -0.148. The van der Waals surface area contributed by atoms with Gasteiger partial charge in [0.2, 0.25) is 9.84 Å². The third kappa shape index (κ3) is 3.43. The Labute approximate surface area is 210 Å². The average molecular weight is 507 g/mol. The highest BCUT2D eigenvalue weighted by molar-refractivity contribution is 7.93. The highest BCUT2D eigenvalue weighted by atomic mass is 32.2. The molecule has 2 saturated heterocycles. The lowest BCUT2D eigenvalue weighted by Gasteiger charge is -2.40. The van der Waals surface area contributed by atoms with Gasteiger partial charge in [-0.05, 0) is 54.4 Å². The van der Waals surface area contributed by atoms with Gasteiger partial charge in [0, 0.05) is 19.0 Å². The lowest BCUT2D eigenvalue weighted by atomic mass is 9.87. The second-order valence-corrected chi connectivity index (χ2v) is 11.9. The van der Waals surface area contributed by atoms with Crippen molar-refractivity contribution >= 4 is 15.7 Å². The molecule has 0 spiro atoms. The summed E-state index contributed by atoms with van der Waals surface area (Å²) in [6, 6.07) is 22.0. The zero-order valence-electron chi connectivity index (χ0n) is 19.9. The number of hydrogen-bond donors (Lipinski definition) is 0. The van der Waals surface area contributed by atoms with Crippen LogP contribution in [0.25, 0.3) is 0 Å². The summed E-state index contributed by atoms with van der Waals surface area (Å²) in [7, 11) is -1.89. The Morgan fingerprint density at radius 3 is 2.42 bits per heavy atom. The monoisotopic (exact) mass is 506 g/mol. The van der Waals surface area contributed by atoms with Crippen molar-refractivity contribution in [1.82, 2.24) is 9.80 Å². The molecule has 36 heavy (non-hydrogen) atoms. The van der Waals surface area contributed by atoms with Crippen LogP contribution in [-0.2, 0) is 25.8 Å². The summed E-state index contributed by atoms with van der Waals surface area (Å²) >= 11 is 0. The summed E-state index contributed by atoms with van der Waals surface area (Å²) in [6.45, 7) is 0.444. The van der Waals surface area contributed by atoms with Gasteiger partial charge in [0.15, 0.2) is 4.87 Å². The maximum atomic E-state index is 13.9. The summed E-state index contributed by atoms with van der Waals surface area (Å²) in [6.07, 6.45) is 0.268. The molecule has 6 rings (SSSR count). The maximum Gasteiger partial charge on any atom is 0.252 e. The van der Waals surface area contributed by atoms with Gasteiger partial charge in [-0.15, -0.1) is 0 Å². The SMILES string of the molecule is CN1[C@H]2C[C@H](C(=O)N3CCc4ccccc4[C@@H]3c3ccc(F)cc3)OC[C@@]21S(=O)(=O)c1ccccc1. The highest BCUT2D eigenvalue weighted by Gasteiger charge is 2.72. The van der Waals surface area contributed by atoms with Gasteiger partial charge >= 0.3 is 0 Å². The molecule has 3 aromatic carbocycles. The maximum absolute atomic E-state index is 13.9. The van der Waals surface area contributed by atoms with Crippen molar-refractivity contribution in [3.63, 3.8) is 0 Å². The fourth-order valence-electron chi connectivity index (χ4n) is 5.97. The highest BCUT2D eigenvalue weighted by Crippen LogP contribution is 2.52. The van der Waals surface area contributed by atoms with Gasteiger partial charge in [0.05, 0.1) is 17.5 Å². The summed E-state index contributed by atoms with van der Waals surface area (Å²) in [4.78, 5) is 16.6. The third-order valence-corrected chi connectivity index (χ3v) is 10.5. The van der Waals surface area contributed by atoms with Crippen LogP contribution < -0.4 is 0 Å². The van der Waals surface area contributed by atoms with Crippen molar-refractivity contribution in [3.8, 4) is 0 Å². The van der Waals surface area contributed by atoms with Crippen molar-refractivity contribution in [3.05, 3.63) is 101 Å². The number of sulfone groups is 1. The first-order valence-corrected chi connectivity index (χ1v) is 13.6. The second-order valence-electron chi connectivity index (χ2n) is 9.76. The molecule has 3 heterocycles. The largest absolute Gasteiger partial charge is 0.365 e. The van der Waals surface area contributed by atoms with Crippen LogP contribution in [0.15, 0.2) is 83.8 Å².